The van der Waals surface area contributed by atoms with E-state index in [1.807, 2.05) is 0 Å². The molecule has 1 saturated heterocycles. The molecular weight excluding hydrogens is 298 g/mol. The van der Waals surface area contributed by atoms with Gasteiger partial charge in [0.25, 0.3) is 5.91 Å². The van der Waals surface area contributed by atoms with Gasteiger partial charge in [-0.15, -0.1) is 0 Å². The van der Waals surface area contributed by atoms with Crippen LogP contribution in [0.15, 0.2) is 18.2 Å². The van der Waals surface area contributed by atoms with Gasteiger partial charge in [0.15, 0.2) is 5.60 Å². The van der Waals surface area contributed by atoms with Gasteiger partial charge >= 0.3 is 0 Å². The molecule has 1 fully saturated rings. The molecule has 2 aliphatic heterocycles. The highest BCUT2D eigenvalue weighted by atomic mass is 16.5. The Kier molecular flexibility index (Phi) is 3.89. The zero-order valence-corrected chi connectivity index (χ0v) is 13.4. The lowest BCUT2D eigenvalue weighted by Gasteiger charge is -2.39. The second kappa shape index (κ2) is 5.73. The van der Waals surface area contributed by atoms with Crippen LogP contribution in [0.3, 0.4) is 0 Å². The fraction of sp³-hybridized carbons (Fsp3) is 0.500. The van der Waals surface area contributed by atoms with Crippen molar-refractivity contribution in [3.05, 3.63) is 18.2 Å². The molecule has 0 spiro atoms. The number of fused-ring (bicyclic) bond motifs is 1. The summed E-state index contributed by atoms with van der Waals surface area (Å²) in [5.41, 5.74) is 5.86. The van der Waals surface area contributed by atoms with Crippen LogP contribution in [-0.4, -0.2) is 55.2 Å². The van der Waals surface area contributed by atoms with E-state index in [2.05, 4.69) is 0 Å². The summed E-state index contributed by atoms with van der Waals surface area (Å²) in [7, 11) is 0. The predicted octanol–water partition coefficient (Wildman–Crippen LogP) is 0.632. The molecule has 7 nitrogen and oxygen atoms in total. The quantitative estimate of drug-likeness (QED) is 0.808. The lowest BCUT2D eigenvalue weighted by atomic mass is 10.0. The van der Waals surface area contributed by atoms with E-state index in [-0.39, 0.29) is 18.4 Å². The van der Waals surface area contributed by atoms with Crippen LogP contribution in [0.4, 0.5) is 11.4 Å². The second-order valence-electron chi connectivity index (χ2n) is 6.22. The third kappa shape index (κ3) is 2.96. The van der Waals surface area contributed by atoms with E-state index in [4.69, 9.17) is 15.2 Å². The van der Waals surface area contributed by atoms with Crippen molar-refractivity contribution in [2.45, 2.75) is 19.4 Å². The molecule has 2 aliphatic rings. The monoisotopic (exact) mass is 319 g/mol. The van der Waals surface area contributed by atoms with Crippen molar-refractivity contribution < 1.29 is 19.1 Å². The molecule has 0 radical (unpaired) electrons. The summed E-state index contributed by atoms with van der Waals surface area (Å²) in [6.45, 7) is 5.51. The topological polar surface area (TPSA) is 85.1 Å². The second-order valence-corrected chi connectivity index (χ2v) is 6.22. The number of carbonyl (C=O) groups excluding carboxylic acids is 2. The highest BCUT2D eigenvalue weighted by Crippen LogP contribution is 2.38. The SMILES string of the molecule is CC1(C)Oc2ccc(N)cc2N(CC(=O)N2CCOCC2)C1=O. The van der Waals surface area contributed by atoms with Crippen molar-refractivity contribution in [3.8, 4) is 5.75 Å². The minimum absolute atomic E-state index is 0.0257. The first kappa shape index (κ1) is 15.6. The fourth-order valence-corrected chi connectivity index (χ4v) is 2.79. The molecule has 23 heavy (non-hydrogen) atoms. The zero-order chi connectivity index (χ0) is 16.6. The van der Waals surface area contributed by atoms with Crippen molar-refractivity contribution in [1.29, 1.82) is 0 Å². The van der Waals surface area contributed by atoms with E-state index < -0.39 is 5.60 Å². The molecule has 0 bridgehead atoms. The zero-order valence-electron chi connectivity index (χ0n) is 13.4. The number of hydrogen-bond donors (Lipinski definition) is 1. The van der Waals surface area contributed by atoms with Crippen LogP contribution in [0.25, 0.3) is 0 Å². The maximum Gasteiger partial charge on any atom is 0.271 e. The van der Waals surface area contributed by atoms with Gasteiger partial charge in [0.05, 0.1) is 18.9 Å². The van der Waals surface area contributed by atoms with Gasteiger partial charge < -0.3 is 20.1 Å². The van der Waals surface area contributed by atoms with E-state index in [0.29, 0.717) is 43.4 Å². The van der Waals surface area contributed by atoms with Gasteiger partial charge in [-0.1, -0.05) is 0 Å². The third-order valence-electron chi connectivity index (χ3n) is 4.06. The van der Waals surface area contributed by atoms with E-state index >= 15 is 0 Å². The number of amides is 2. The predicted molar refractivity (Wildman–Crippen MR) is 85.3 cm³/mol. The molecule has 2 amide bonds. The summed E-state index contributed by atoms with van der Waals surface area (Å²) < 4.78 is 11.0. The first-order chi connectivity index (χ1) is 10.9. The Hall–Kier alpha value is -2.28. The van der Waals surface area contributed by atoms with E-state index in [0.717, 1.165) is 0 Å². The molecule has 0 saturated carbocycles. The average molecular weight is 319 g/mol. The molecule has 1 aromatic carbocycles. The normalized spacial score (nSPS) is 20.0. The summed E-state index contributed by atoms with van der Waals surface area (Å²) in [6.07, 6.45) is 0. The maximum atomic E-state index is 12.7. The first-order valence-corrected chi connectivity index (χ1v) is 7.64. The largest absolute Gasteiger partial charge is 0.476 e. The van der Waals surface area contributed by atoms with Gasteiger partial charge in [-0.25, -0.2) is 0 Å². The van der Waals surface area contributed by atoms with E-state index in [1.165, 1.54) is 4.90 Å². The minimum atomic E-state index is -1.02. The van der Waals surface area contributed by atoms with E-state index in [9.17, 15) is 9.59 Å². The third-order valence-corrected chi connectivity index (χ3v) is 4.06. The standard InChI is InChI=1S/C16H21N3O4/c1-16(2)15(21)19(10-14(20)18-5-7-22-8-6-18)12-9-11(17)3-4-13(12)23-16/h3-4,9H,5-8,10,17H2,1-2H3. The Morgan fingerprint density at radius 3 is 2.70 bits per heavy atom. The summed E-state index contributed by atoms with van der Waals surface area (Å²) in [5, 5.41) is 0. The van der Waals surface area contributed by atoms with Gasteiger partial charge in [-0.2, -0.15) is 0 Å². The molecule has 1 aromatic rings. The number of benzene rings is 1. The number of nitrogens with zero attached hydrogens (tertiary/aromatic N) is 2. The first-order valence-electron chi connectivity index (χ1n) is 7.64. The van der Waals surface area contributed by atoms with Crippen LogP contribution in [0.2, 0.25) is 0 Å². The molecule has 3 rings (SSSR count). The van der Waals surface area contributed by atoms with Gasteiger partial charge in [0.1, 0.15) is 12.3 Å². The molecule has 124 valence electrons. The lowest BCUT2D eigenvalue weighted by Crippen LogP contribution is -2.56. The number of nitrogen functional groups attached to an aromatic ring is 1. The van der Waals surface area contributed by atoms with Crippen LogP contribution in [-0.2, 0) is 14.3 Å². The highest BCUT2D eigenvalue weighted by molar-refractivity contribution is 6.06. The Morgan fingerprint density at radius 2 is 2.00 bits per heavy atom. The summed E-state index contributed by atoms with van der Waals surface area (Å²) >= 11 is 0. The van der Waals surface area contributed by atoms with Gasteiger partial charge in [0.2, 0.25) is 5.91 Å². The van der Waals surface area contributed by atoms with Crippen molar-refractivity contribution in [2.75, 3.05) is 43.5 Å². The molecule has 7 heteroatoms. The Balaban J connectivity index is 1.88. The van der Waals surface area contributed by atoms with Crippen molar-refractivity contribution in [2.24, 2.45) is 0 Å². The maximum absolute atomic E-state index is 12.7. The van der Waals surface area contributed by atoms with Crippen molar-refractivity contribution in [3.63, 3.8) is 0 Å². The van der Waals surface area contributed by atoms with Crippen LogP contribution >= 0.6 is 0 Å². The summed E-state index contributed by atoms with van der Waals surface area (Å²) in [6, 6.07) is 5.10. The molecular formula is C16H21N3O4. The molecule has 0 aliphatic carbocycles. The number of hydrogen-bond acceptors (Lipinski definition) is 5. The summed E-state index contributed by atoms with van der Waals surface area (Å²) in [5.74, 6) is 0.198. The number of anilines is 2. The number of morpholine rings is 1. The number of ether oxygens (including phenoxy) is 2. The van der Waals surface area contributed by atoms with Crippen LogP contribution in [0, 0.1) is 0 Å². The number of rotatable bonds is 2. The fourth-order valence-electron chi connectivity index (χ4n) is 2.79. The summed E-state index contributed by atoms with van der Waals surface area (Å²) in [4.78, 5) is 28.4. The van der Waals surface area contributed by atoms with E-state index in [1.54, 1.807) is 36.9 Å². The van der Waals surface area contributed by atoms with Gasteiger partial charge in [-0.05, 0) is 32.0 Å². The van der Waals surface area contributed by atoms with Gasteiger partial charge in [0, 0.05) is 18.8 Å². The van der Waals surface area contributed by atoms with Crippen LogP contribution in [0.5, 0.6) is 5.75 Å². The molecule has 2 heterocycles. The van der Waals surface area contributed by atoms with Gasteiger partial charge in [-0.3, -0.25) is 14.5 Å². The van der Waals surface area contributed by atoms with Crippen molar-refractivity contribution in [1.82, 2.24) is 4.90 Å². The smallest absolute Gasteiger partial charge is 0.271 e. The number of nitrogens with two attached hydrogens (primary N) is 1. The molecule has 0 atom stereocenters. The minimum Gasteiger partial charge on any atom is -0.476 e. The molecule has 2 N–H and O–H groups in total. The molecule has 0 unspecified atom stereocenters. The van der Waals surface area contributed by atoms with Crippen LogP contribution < -0.4 is 15.4 Å². The van der Waals surface area contributed by atoms with Crippen molar-refractivity contribution >= 4 is 23.2 Å². The molecule has 0 aromatic heterocycles. The average Bonchev–Trinajstić information content (AvgIpc) is 2.53. The highest BCUT2D eigenvalue weighted by Gasteiger charge is 2.42. The lowest BCUT2D eigenvalue weighted by molar-refractivity contribution is -0.138. The Labute approximate surface area is 134 Å². The van der Waals surface area contributed by atoms with Crippen LogP contribution in [0.1, 0.15) is 13.8 Å². The number of carbonyl (C=O) groups is 2. The Morgan fingerprint density at radius 1 is 1.30 bits per heavy atom. The Bertz CT molecular complexity index is 638.